The predicted molar refractivity (Wildman–Crippen MR) is 159 cm³/mol. The van der Waals surface area contributed by atoms with Crippen molar-refractivity contribution in [3.63, 3.8) is 0 Å². The van der Waals surface area contributed by atoms with Gasteiger partial charge in [0.2, 0.25) is 11.8 Å². The Labute approximate surface area is 227 Å². The maximum atomic E-state index is 11.9. The van der Waals surface area contributed by atoms with Crippen molar-refractivity contribution in [3.05, 3.63) is 0 Å². The molecule has 1 unspecified atom stereocenters. The van der Waals surface area contributed by atoms with Crippen LogP contribution in [0.2, 0.25) is 0 Å². The lowest BCUT2D eigenvalue weighted by atomic mass is 9.54. The van der Waals surface area contributed by atoms with E-state index < -0.39 is 0 Å². The molecule has 1 aliphatic carbocycles. The smallest absolute Gasteiger partial charge is 0.229 e. The third-order valence-corrected chi connectivity index (χ3v) is 11.4. The molecule has 1 aliphatic rings. The molecule has 1 fully saturated rings. The van der Waals surface area contributed by atoms with Gasteiger partial charge >= 0.3 is 0 Å². The van der Waals surface area contributed by atoms with Crippen LogP contribution in [0.1, 0.15) is 88.5 Å². The summed E-state index contributed by atoms with van der Waals surface area (Å²) in [7, 11) is 3.45. The van der Waals surface area contributed by atoms with E-state index in [4.69, 9.17) is 0 Å². The van der Waals surface area contributed by atoms with Crippen LogP contribution in [0.25, 0.3) is 0 Å². The lowest BCUT2D eigenvalue weighted by Crippen LogP contribution is -2.47. The number of carbonyl (C=O) groups excluding carboxylic acids is 2. The molecule has 1 saturated carbocycles. The molecule has 6 heteroatoms. The molecule has 0 aromatic heterocycles. The van der Waals surface area contributed by atoms with Gasteiger partial charge < -0.3 is 10.6 Å². The molecular weight excluding hydrogens is 472 g/mol. The van der Waals surface area contributed by atoms with Gasteiger partial charge in [0.1, 0.15) is 0 Å². The fourth-order valence-electron chi connectivity index (χ4n) is 4.97. The first-order valence-corrected chi connectivity index (χ1v) is 16.1. The average Bonchev–Trinajstić information content (AvgIpc) is 2.83. The molecule has 35 heavy (non-hydrogen) atoms. The summed E-state index contributed by atoms with van der Waals surface area (Å²) in [6.07, 6.45) is 3.64. The van der Waals surface area contributed by atoms with Crippen LogP contribution < -0.4 is 10.6 Å². The van der Waals surface area contributed by atoms with Gasteiger partial charge in [0.25, 0.3) is 0 Å². The molecule has 8 atom stereocenters. The van der Waals surface area contributed by atoms with Gasteiger partial charge in [-0.25, -0.2) is 0 Å². The van der Waals surface area contributed by atoms with E-state index in [1.54, 1.807) is 14.1 Å². The van der Waals surface area contributed by atoms with Crippen molar-refractivity contribution in [2.45, 2.75) is 99.0 Å². The molecule has 2 N–H and O–H groups in total. The predicted octanol–water partition coefficient (Wildman–Crippen LogP) is 6.98. The minimum absolute atomic E-state index is 0.124. The van der Waals surface area contributed by atoms with Crippen molar-refractivity contribution in [3.8, 4) is 0 Å². The first kappa shape index (κ1) is 34.6. The van der Waals surface area contributed by atoms with E-state index in [-0.39, 0.29) is 11.8 Å². The fourth-order valence-corrected chi connectivity index (χ4v) is 7.94. The van der Waals surface area contributed by atoms with E-state index >= 15 is 0 Å². The molecule has 2 amide bonds. The molecule has 0 spiro atoms. The minimum Gasteiger partial charge on any atom is -0.358 e. The second-order valence-corrected chi connectivity index (χ2v) is 13.9. The van der Waals surface area contributed by atoms with Crippen molar-refractivity contribution in [2.24, 2.45) is 47.3 Å². The Morgan fingerprint density at radius 1 is 0.686 bits per heavy atom. The van der Waals surface area contributed by atoms with Crippen LogP contribution in [-0.2, 0) is 9.59 Å². The highest BCUT2D eigenvalue weighted by atomic mass is 32.2. The van der Waals surface area contributed by atoms with Gasteiger partial charge in [-0.2, -0.15) is 0 Å². The monoisotopic (exact) mass is 530 g/mol. The Hall–Kier alpha value is -0.360. The average molecular weight is 531 g/mol. The van der Waals surface area contributed by atoms with Crippen LogP contribution in [0.5, 0.6) is 0 Å². The first-order valence-electron chi connectivity index (χ1n) is 14.0. The zero-order valence-corrected chi connectivity index (χ0v) is 26.6. The molecular formula is C29H58N2O2S2. The molecule has 0 aromatic rings. The van der Waals surface area contributed by atoms with Crippen LogP contribution in [-0.4, -0.2) is 47.9 Å². The van der Waals surface area contributed by atoms with E-state index in [0.29, 0.717) is 57.5 Å². The largest absolute Gasteiger partial charge is 0.358 e. The zero-order valence-electron chi connectivity index (χ0n) is 24.9. The summed E-state index contributed by atoms with van der Waals surface area (Å²) in [4.78, 5) is 23.9. The molecule has 0 aromatic carbocycles. The maximum Gasteiger partial charge on any atom is 0.229 e. The Balaban J connectivity index is 0.00000365. The second kappa shape index (κ2) is 18.0. The van der Waals surface area contributed by atoms with Gasteiger partial charge in [0.05, 0.1) is 11.5 Å². The van der Waals surface area contributed by atoms with E-state index in [9.17, 15) is 9.59 Å². The number of rotatable bonds is 14. The van der Waals surface area contributed by atoms with Gasteiger partial charge in [-0.3, -0.25) is 9.59 Å². The van der Waals surface area contributed by atoms with Gasteiger partial charge in [-0.1, -0.05) is 75.7 Å². The van der Waals surface area contributed by atoms with Crippen molar-refractivity contribution < 1.29 is 9.59 Å². The van der Waals surface area contributed by atoms with Crippen molar-refractivity contribution in [1.82, 2.24) is 10.6 Å². The molecule has 0 heterocycles. The molecule has 208 valence electrons. The molecule has 0 bridgehead atoms. The summed E-state index contributed by atoms with van der Waals surface area (Å²) in [5.41, 5.74) is 0. The van der Waals surface area contributed by atoms with E-state index in [0.717, 1.165) is 11.8 Å². The number of hydrogen-bond donors (Lipinski definition) is 2. The molecule has 0 aliphatic heterocycles. The van der Waals surface area contributed by atoms with Crippen LogP contribution in [0, 0.1) is 47.3 Å². The van der Waals surface area contributed by atoms with E-state index in [2.05, 4.69) is 79.9 Å². The van der Waals surface area contributed by atoms with Crippen molar-refractivity contribution in [1.29, 1.82) is 0 Å². The molecule has 1 rings (SSSR count). The molecule has 0 radical (unpaired) electrons. The standard InChI is InChI=1S/C26H50N2O2S2.C3H8/c1-15(2)17(5)23(31-13-25(29)27-9)11-21-19(7)20(8)22(21)12-24(18(6)16(3)4)32-14-26(30)28-10;1-3-2/h15-24H,11-14H2,1-10H3,(H,27,29)(H,28,30);3H2,1-2H3/t17-,18+,19+,20-,21+,22-,23-,24?;/m1./s1. The van der Waals surface area contributed by atoms with Crippen LogP contribution in [0.4, 0.5) is 0 Å². The Morgan fingerprint density at radius 3 is 1.20 bits per heavy atom. The SMILES string of the molecule is CCC.CNC(=O)CSC(C[C@@H]1[C@H](C)[C@H](C)[C@@H]1C[C@@H](SCC(=O)NC)[C@H](C)C(C)C)[C@@H](C)C(C)C. The third kappa shape index (κ3) is 11.7. The summed E-state index contributed by atoms with van der Waals surface area (Å²) < 4.78 is 0. The molecule has 4 nitrogen and oxygen atoms in total. The van der Waals surface area contributed by atoms with Gasteiger partial charge in [0, 0.05) is 24.6 Å². The highest BCUT2D eigenvalue weighted by molar-refractivity contribution is 8.00. The first-order chi connectivity index (χ1) is 16.4. The third-order valence-electron chi connectivity index (χ3n) is 8.43. The highest BCUT2D eigenvalue weighted by Crippen LogP contribution is 2.53. The number of nitrogens with one attached hydrogen (secondary N) is 2. The van der Waals surface area contributed by atoms with Crippen LogP contribution >= 0.6 is 23.5 Å². The van der Waals surface area contributed by atoms with Crippen molar-refractivity contribution in [2.75, 3.05) is 25.6 Å². The maximum absolute atomic E-state index is 11.9. The van der Waals surface area contributed by atoms with Gasteiger partial charge in [0.15, 0.2) is 0 Å². The second-order valence-electron chi connectivity index (χ2n) is 11.5. The number of carbonyl (C=O) groups is 2. The van der Waals surface area contributed by atoms with Gasteiger partial charge in [-0.05, 0) is 60.2 Å². The minimum atomic E-state index is 0.124. The summed E-state index contributed by atoms with van der Waals surface area (Å²) in [5.74, 6) is 6.60. The Morgan fingerprint density at radius 2 is 0.971 bits per heavy atom. The summed E-state index contributed by atoms with van der Waals surface area (Å²) in [6, 6.07) is 0. The zero-order chi connectivity index (χ0) is 27.3. The fraction of sp³-hybridized carbons (Fsp3) is 0.931. The number of thioether (sulfide) groups is 2. The Kier molecular flexibility index (Phi) is 17.8. The Bertz CT molecular complexity index is 549. The summed E-state index contributed by atoms with van der Waals surface area (Å²) in [5, 5.41) is 6.57. The van der Waals surface area contributed by atoms with Crippen molar-refractivity contribution >= 4 is 35.3 Å². The van der Waals surface area contributed by atoms with E-state index in [1.807, 2.05) is 23.5 Å². The lowest BCUT2D eigenvalue weighted by molar-refractivity contribution is -0.118. The van der Waals surface area contributed by atoms with Gasteiger partial charge in [-0.15, -0.1) is 23.5 Å². The number of hydrogen-bond acceptors (Lipinski definition) is 4. The van der Waals surface area contributed by atoms with Crippen LogP contribution in [0.3, 0.4) is 0 Å². The highest BCUT2D eigenvalue weighted by Gasteiger charge is 2.47. The quantitative estimate of drug-likeness (QED) is 0.254. The van der Waals surface area contributed by atoms with E-state index in [1.165, 1.54) is 19.3 Å². The number of amides is 2. The molecule has 0 saturated heterocycles. The normalized spacial score (nSPS) is 25.1. The summed E-state index contributed by atoms with van der Waals surface area (Å²) >= 11 is 3.70. The topological polar surface area (TPSA) is 58.2 Å². The van der Waals surface area contributed by atoms with Crippen LogP contribution in [0.15, 0.2) is 0 Å². The summed E-state index contributed by atoms with van der Waals surface area (Å²) in [6.45, 7) is 23.0. The lowest BCUT2D eigenvalue weighted by Gasteiger charge is -2.53.